The number of hydrogen-bond donors (Lipinski definition) is 2. The first kappa shape index (κ1) is 30.2. The lowest BCUT2D eigenvalue weighted by molar-refractivity contribution is 0.0578. The topological polar surface area (TPSA) is 113 Å². The molecule has 9 heteroatoms. The second-order valence-electron chi connectivity index (χ2n) is 12.1. The molecule has 0 aliphatic heterocycles. The summed E-state index contributed by atoms with van der Waals surface area (Å²) in [6.07, 6.45) is 8.64. The van der Waals surface area contributed by atoms with Crippen LogP contribution in [0.15, 0.2) is 52.2 Å². The highest BCUT2D eigenvalue weighted by molar-refractivity contribution is 5.98. The SMILES string of the molecule is C=Nc1c(NCCCC2(O)CC2)cc(-c2c(C)noc2C)cc1N(CC1CC1)C(=O)OC(C)(C)C.c1ccncc1. The first-order chi connectivity index (χ1) is 19.5. The average Bonchev–Trinajstić information content (AvgIpc) is 3.86. The lowest BCUT2D eigenvalue weighted by Crippen LogP contribution is -2.38. The third-order valence-corrected chi connectivity index (χ3v) is 7.14. The number of amides is 1. The highest BCUT2D eigenvalue weighted by atomic mass is 16.6. The van der Waals surface area contributed by atoms with Gasteiger partial charge in [0.15, 0.2) is 0 Å². The van der Waals surface area contributed by atoms with Crippen LogP contribution in [-0.2, 0) is 4.74 Å². The van der Waals surface area contributed by atoms with E-state index in [9.17, 15) is 9.90 Å². The van der Waals surface area contributed by atoms with Crippen molar-refractivity contribution in [1.82, 2.24) is 10.1 Å². The summed E-state index contributed by atoms with van der Waals surface area (Å²) in [6.45, 7) is 14.5. The number of pyridine rings is 1. The van der Waals surface area contributed by atoms with E-state index in [4.69, 9.17) is 9.26 Å². The van der Waals surface area contributed by atoms with E-state index < -0.39 is 17.3 Å². The summed E-state index contributed by atoms with van der Waals surface area (Å²) < 4.78 is 11.2. The molecule has 220 valence electrons. The molecule has 0 saturated heterocycles. The number of nitrogens with zero attached hydrogens (tertiary/aromatic N) is 4. The maximum Gasteiger partial charge on any atom is 0.414 e. The first-order valence-electron chi connectivity index (χ1n) is 14.4. The van der Waals surface area contributed by atoms with Gasteiger partial charge in [0.05, 0.1) is 22.7 Å². The summed E-state index contributed by atoms with van der Waals surface area (Å²) in [7, 11) is 0. The molecule has 41 heavy (non-hydrogen) atoms. The van der Waals surface area contributed by atoms with Crippen molar-refractivity contribution >= 4 is 29.9 Å². The molecule has 2 N–H and O–H groups in total. The van der Waals surface area contributed by atoms with Gasteiger partial charge in [0.25, 0.3) is 0 Å². The van der Waals surface area contributed by atoms with Gasteiger partial charge in [-0.1, -0.05) is 11.2 Å². The van der Waals surface area contributed by atoms with E-state index in [0.717, 1.165) is 61.0 Å². The van der Waals surface area contributed by atoms with Crippen LogP contribution in [0.2, 0.25) is 0 Å². The molecule has 3 aromatic rings. The van der Waals surface area contributed by atoms with E-state index in [-0.39, 0.29) is 0 Å². The van der Waals surface area contributed by atoms with Crippen LogP contribution in [0.1, 0.15) is 70.8 Å². The molecule has 2 aromatic heterocycles. The van der Waals surface area contributed by atoms with Gasteiger partial charge < -0.3 is 19.7 Å². The number of rotatable bonds is 10. The summed E-state index contributed by atoms with van der Waals surface area (Å²) in [4.78, 5) is 23.2. The number of anilines is 2. The number of carbonyl (C=O) groups is 1. The number of ether oxygens (including phenoxy) is 1. The molecule has 1 aromatic carbocycles. The van der Waals surface area contributed by atoms with Gasteiger partial charge in [-0.15, -0.1) is 0 Å². The van der Waals surface area contributed by atoms with Crippen LogP contribution in [-0.4, -0.2) is 52.3 Å². The van der Waals surface area contributed by atoms with Gasteiger partial charge in [0.2, 0.25) is 0 Å². The zero-order valence-electron chi connectivity index (χ0n) is 24.9. The van der Waals surface area contributed by atoms with Crippen molar-refractivity contribution < 1.29 is 19.2 Å². The van der Waals surface area contributed by atoms with Gasteiger partial charge in [-0.25, -0.2) is 4.79 Å². The van der Waals surface area contributed by atoms with Gasteiger partial charge >= 0.3 is 6.09 Å². The highest BCUT2D eigenvalue weighted by Gasteiger charge is 2.39. The standard InChI is InChI=1S/C27H38N4O4.C5H5N/c1-17-23(18(2)35-30-17)20-14-21(29-13-7-10-27(33)11-12-27)24(28-6)22(15-20)31(16-19-8-9-19)25(32)34-26(3,4)5;1-2-4-6-5-3-1/h14-15,19,29,33H,6-13,16H2,1-5H3;1-5H. The Morgan fingerprint density at radius 2 is 1.93 bits per heavy atom. The van der Waals surface area contributed by atoms with Crippen LogP contribution in [0, 0.1) is 19.8 Å². The molecule has 0 spiro atoms. The van der Waals surface area contributed by atoms with Crippen molar-refractivity contribution in [1.29, 1.82) is 0 Å². The Hall–Kier alpha value is -3.72. The van der Waals surface area contributed by atoms with Crippen LogP contribution in [0.5, 0.6) is 0 Å². The maximum atomic E-state index is 13.4. The number of aliphatic hydroxyl groups is 1. The van der Waals surface area contributed by atoms with Crippen LogP contribution in [0.4, 0.5) is 21.9 Å². The summed E-state index contributed by atoms with van der Waals surface area (Å²) in [5.41, 5.74) is 3.50. The second kappa shape index (κ2) is 12.9. The fourth-order valence-electron chi connectivity index (χ4n) is 4.66. The number of aliphatic imine (C=N–C) groups is 1. The molecule has 2 fully saturated rings. The second-order valence-corrected chi connectivity index (χ2v) is 12.1. The number of carbonyl (C=O) groups excluding carboxylic acids is 1. The Labute approximate surface area is 243 Å². The third kappa shape index (κ3) is 8.63. The minimum Gasteiger partial charge on any atom is -0.443 e. The molecule has 2 aliphatic rings. The molecular formula is C32H43N5O4. The number of aryl methyl sites for hydroxylation is 2. The molecule has 0 unspecified atom stereocenters. The largest absolute Gasteiger partial charge is 0.443 e. The third-order valence-electron chi connectivity index (χ3n) is 7.14. The maximum absolute atomic E-state index is 13.4. The van der Waals surface area contributed by atoms with E-state index in [1.165, 1.54) is 0 Å². The summed E-state index contributed by atoms with van der Waals surface area (Å²) >= 11 is 0. The normalized spacial score (nSPS) is 15.4. The van der Waals surface area contributed by atoms with Crippen molar-refractivity contribution in [2.45, 2.75) is 84.3 Å². The molecule has 2 heterocycles. The zero-order valence-corrected chi connectivity index (χ0v) is 24.9. The van der Waals surface area contributed by atoms with Gasteiger partial charge in [-0.3, -0.25) is 14.9 Å². The predicted molar refractivity (Wildman–Crippen MR) is 163 cm³/mol. The monoisotopic (exact) mass is 561 g/mol. The van der Waals surface area contributed by atoms with Crippen LogP contribution in [0.25, 0.3) is 11.1 Å². The predicted octanol–water partition coefficient (Wildman–Crippen LogP) is 7.24. The molecular weight excluding hydrogens is 518 g/mol. The summed E-state index contributed by atoms with van der Waals surface area (Å²) in [6, 6.07) is 9.68. The Balaban J connectivity index is 0.000000572. The Morgan fingerprint density at radius 3 is 2.41 bits per heavy atom. The number of aromatic nitrogens is 2. The van der Waals surface area contributed by atoms with E-state index in [1.807, 2.05) is 65.0 Å². The van der Waals surface area contributed by atoms with E-state index >= 15 is 0 Å². The van der Waals surface area contributed by atoms with Crippen molar-refractivity contribution in [3.8, 4) is 11.1 Å². The Bertz CT molecular complexity index is 1280. The fourth-order valence-corrected chi connectivity index (χ4v) is 4.66. The highest BCUT2D eigenvalue weighted by Crippen LogP contribution is 2.44. The number of nitrogens with one attached hydrogen (secondary N) is 1. The van der Waals surface area contributed by atoms with Crippen LogP contribution >= 0.6 is 0 Å². The minimum atomic E-state index is -0.621. The van der Waals surface area contributed by atoms with E-state index in [2.05, 4.69) is 27.2 Å². The molecule has 0 radical (unpaired) electrons. The summed E-state index contributed by atoms with van der Waals surface area (Å²) in [5.74, 6) is 1.15. The summed E-state index contributed by atoms with van der Waals surface area (Å²) in [5, 5.41) is 17.8. The average molecular weight is 562 g/mol. The smallest absolute Gasteiger partial charge is 0.414 e. The fraction of sp³-hybridized carbons (Fsp3) is 0.500. The van der Waals surface area contributed by atoms with Gasteiger partial charge in [0, 0.05) is 31.0 Å². The zero-order chi connectivity index (χ0) is 29.6. The van der Waals surface area contributed by atoms with Gasteiger partial charge in [-0.05, 0) is 116 Å². The first-order valence-corrected chi connectivity index (χ1v) is 14.4. The Morgan fingerprint density at radius 1 is 1.22 bits per heavy atom. The molecule has 2 saturated carbocycles. The lowest BCUT2D eigenvalue weighted by Gasteiger charge is -2.29. The number of hydrogen-bond acceptors (Lipinski definition) is 8. The van der Waals surface area contributed by atoms with Crippen molar-refractivity contribution in [2.75, 3.05) is 23.3 Å². The molecule has 0 atom stereocenters. The lowest BCUT2D eigenvalue weighted by atomic mass is 10.0. The molecule has 5 rings (SSSR count). The van der Waals surface area contributed by atoms with E-state index in [0.29, 0.717) is 36.1 Å². The quantitative estimate of drug-likeness (QED) is 0.198. The van der Waals surface area contributed by atoms with Crippen molar-refractivity contribution in [2.24, 2.45) is 10.9 Å². The minimum absolute atomic E-state index is 0.396. The van der Waals surface area contributed by atoms with Crippen molar-refractivity contribution in [3.05, 3.63) is 54.2 Å². The molecule has 1 amide bonds. The van der Waals surface area contributed by atoms with Gasteiger partial charge in [-0.2, -0.15) is 0 Å². The van der Waals surface area contributed by atoms with E-state index in [1.54, 1.807) is 17.3 Å². The Kier molecular flexibility index (Phi) is 9.48. The van der Waals surface area contributed by atoms with Crippen molar-refractivity contribution in [3.63, 3.8) is 0 Å². The van der Waals surface area contributed by atoms with Crippen LogP contribution in [0.3, 0.4) is 0 Å². The molecule has 2 aliphatic carbocycles. The molecule has 0 bridgehead atoms. The molecule has 9 nitrogen and oxygen atoms in total. The number of benzene rings is 1. The van der Waals surface area contributed by atoms with Crippen LogP contribution < -0.4 is 10.2 Å². The van der Waals surface area contributed by atoms with Gasteiger partial charge in [0.1, 0.15) is 17.0 Å².